The number of hydrogen-bond acceptors (Lipinski definition) is 1. The maximum atomic E-state index is 3.76. The number of rotatable bonds is 7. The van der Waals surface area contributed by atoms with Gasteiger partial charge in [0.15, 0.2) is 0 Å². The Morgan fingerprint density at radius 3 is 2.47 bits per heavy atom. The van der Waals surface area contributed by atoms with Gasteiger partial charge in [-0.25, -0.2) is 0 Å². The van der Waals surface area contributed by atoms with Gasteiger partial charge in [0.25, 0.3) is 0 Å². The Balaban J connectivity index is 1.64. The summed E-state index contributed by atoms with van der Waals surface area (Å²) in [5.74, 6) is 2.12. The molecule has 0 aromatic heterocycles. The summed E-state index contributed by atoms with van der Waals surface area (Å²) in [4.78, 5) is 0. The molecule has 2 saturated carbocycles. The third kappa shape index (κ3) is 3.79. The maximum Gasteiger partial charge on any atom is 0.00954 e. The molecule has 1 unspecified atom stereocenters. The zero-order valence-corrected chi connectivity index (χ0v) is 10.3. The predicted octanol–water partition coefficient (Wildman–Crippen LogP) is 3.74. The van der Waals surface area contributed by atoms with Gasteiger partial charge in [-0.1, -0.05) is 32.6 Å². The molecule has 0 heterocycles. The Morgan fingerprint density at radius 2 is 1.87 bits per heavy atom. The van der Waals surface area contributed by atoms with Gasteiger partial charge in [-0.05, 0) is 50.5 Å². The van der Waals surface area contributed by atoms with Crippen molar-refractivity contribution in [3.8, 4) is 0 Å². The van der Waals surface area contributed by atoms with Crippen molar-refractivity contribution in [2.45, 2.75) is 70.8 Å². The van der Waals surface area contributed by atoms with Crippen LogP contribution in [0.1, 0.15) is 64.7 Å². The van der Waals surface area contributed by atoms with E-state index in [4.69, 9.17) is 0 Å². The summed E-state index contributed by atoms with van der Waals surface area (Å²) in [6.07, 6.45) is 13.3. The fourth-order valence-corrected chi connectivity index (χ4v) is 3.05. The molecule has 88 valence electrons. The third-order valence-corrected chi connectivity index (χ3v) is 4.21. The van der Waals surface area contributed by atoms with E-state index in [0.29, 0.717) is 0 Å². The lowest BCUT2D eigenvalue weighted by Crippen LogP contribution is -2.32. The minimum Gasteiger partial charge on any atom is -0.314 e. The highest BCUT2D eigenvalue weighted by Crippen LogP contribution is 2.36. The highest BCUT2D eigenvalue weighted by molar-refractivity contribution is 4.87. The van der Waals surface area contributed by atoms with Gasteiger partial charge in [0.1, 0.15) is 0 Å². The topological polar surface area (TPSA) is 12.0 Å². The van der Waals surface area contributed by atoms with E-state index in [9.17, 15) is 0 Å². The minimum absolute atomic E-state index is 0.866. The molecule has 2 fully saturated rings. The summed E-state index contributed by atoms with van der Waals surface area (Å²) < 4.78 is 0. The molecule has 0 aromatic rings. The lowest BCUT2D eigenvalue weighted by Gasteiger charge is -2.19. The molecule has 0 bridgehead atoms. The zero-order valence-electron chi connectivity index (χ0n) is 10.3. The van der Waals surface area contributed by atoms with Gasteiger partial charge in [-0.2, -0.15) is 0 Å². The van der Waals surface area contributed by atoms with Crippen molar-refractivity contribution < 1.29 is 0 Å². The normalized spacial score (nSPS) is 24.6. The van der Waals surface area contributed by atoms with E-state index in [-0.39, 0.29) is 0 Å². The molecule has 2 rings (SSSR count). The summed E-state index contributed by atoms with van der Waals surface area (Å²) >= 11 is 0. The molecule has 2 aliphatic carbocycles. The Kier molecular flexibility index (Phi) is 4.49. The molecule has 0 aliphatic heterocycles. The second-order valence-electron chi connectivity index (χ2n) is 5.63. The molecule has 0 spiro atoms. The lowest BCUT2D eigenvalue weighted by molar-refractivity contribution is 0.378. The van der Waals surface area contributed by atoms with Crippen LogP contribution in [0.2, 0.25) is 0 Å². The van der Waals surface area contributed by atoms with E-state index in [1.165, 1.54) is 64.3 Å². The molecule has 0 radical (unpaired) electrons. The first-order valence-corrected chi connectivity index (χ1v) is 7.13. The van der Waals surface area contributed by atoms with Crippen molar-refractivity contribution in [3.05, 3.63) is 0 Å². The first-order chi connectivity index (χ1) is 7.40. The quantitative estimate of drug-likeness (QED) is 0.673. The van der Waals surface area contributed by atoms with Crippen molar-refractivity contribution in [3.63, 3.8) is 0 Å². The molecule has 1 atom stereocenters. The van der Waals surface area contributed by atoms with Gasteiger partial charge in [-0.15, -0.1) is 0 Å². The van der Waals surface area contributed by atoms with Crippen LogP contribution in [-0.4, -0.2) is 12.6 Å². The van der Waals surface area contributed by atoms with Crippen molar-refractivity contribution >= 4 is 0 Å². The summed E-state index contributed by atoms with van der Waals surface area (Å²) in [5, 5.41) is 3.76. The molecular weight excluding hydrogens is 182 g/mol. The van der Waals surface area contributed by atoms with E-state index in [0.717, 1.165) is 17.9 Å². The molecule has 1 nitrogen and oxygen atoms in total. The molecule has 1 N–H and O–H groups in total. The monoisotopic (exact) mass is 209 g/mol. The summed E-state index contributed by atoms with van der Waals surface area (Å²) in [6.45, 7) is 3.50. The van der Waals surface area contributed by atoms with Crippen LogP contribution >= 0.6 is 0 Å². The molecular formula is C14H27N. The summed E-state index contributed by atoms with van der Waals surface area (Å²) in [5.41, 5.74) is 0. The van der Waals surface area contributed by atoms with Crippen LogP contribution in [-0.2, 0) is 0 Å². The molecule has 0 saturated heterocycles. The van der Waals surface area contributed by atoms with Gasteiger partial charge >= 0.3 is 0 Å². The zero-order chi connectivity index (χ0) is 10.5. The SMILES string of the molecule is CCCNC(CCC1CCCC1)C1CC1. The van der Waals surface area contributed by atoms with E-state index in [1.807, 2.05) is 0 Å². The van der Waals surface area contributed by atoms with Gasteiger partial charge in [-0.3, -0.25) is 0 Å². The lowest BCUT2D eigenvalue weighted by atomic mass is 9.96. The second-order valence-corrected chi connectivity index (χ2v) is 5.63. The highest BCUT2D eigenvalue weighted by Gasteiger charge is 2.31. The molecule has 0 amide bonds. The van der Waals surface area contributed by atoms with Gasteiger partial charge in [0.2, 0.25) is 0 Å². The minimum atomic E-state index is 0.866. The van der Waals surface area contributed by atoms with Crippen LogP contribution in [0.25, 0.3) is 0 Å². The Hall–Kier alpha value is -0.0400. The third-order valence-electron chi connectivity index (χ3n) is 4.21. The largest absolute Gasteiger partial charge is 0.314 e. The van der Waals surface area contributed by atoms with Crippen LogP contribution in [0.4, 0.5) is 0 Å². The Labute approximate surface area is 95.0 Å². The van der Waals surface area contributed by atoms with E-state index in [2.05, 4.69) is 12.2 Å². The number of hydrogen-bond donors (Lipinski definition) is 1. The van der Waals surface area contributed by atoms with E-state index < -0.39 is 0 Å². The van der Waals surface area contributed by atoms with Crippen molar-refractivity contribution in [2.24, 2.45) is 11.8 Å². The number of nitrogens with one attached hydrogen (secondary N) is 1. The molecule has 2 aliphatic rings. The molecule has 0 aromatic carbocycles. The van der Waals surface area contributed by atoms with Crippen LogP contribution in [0.5, 0.6) is 0 Å². The van der Waals surface area contributed by atoms with Crippen molar-refractivity contribution in [1.29, 1.82) is 0 Å². The Morgan fingerprint density at radius 1 is 1.13 bits per heavy atom. The van der Waals surface area contributed by atoms with Crippen LogP contribution in [0.15, 0.2) is 0 Å². The van der Waals surface area contributed by atoms with E-state index >= 15 is 0 Å². The molecule has 1 heteroatoms. The maximum absolute atomic E-state index is 3.76. The first kappa shape index (κ1) is 11.4. The molecule has 15 heavy (non-hydrogen) atoms. The van der Waals surface area contributed by atoms with E-state index in [1.54, 1.807) is 0 Å². The van der Waals surface area contributed by atoms with Crippen molar-refractivity contribution in [1.82, 2.24) is 5.32 Å². The predicted molar refractivity (Wildman–Crippen MR) is 66.0 cm³/mol. The average Bonchev–Trinajstić information content (AvgIpc) is 2.95. The summed E-state index contributed by atoms with van der Waals surface area (Å²) in [7, 11) is 0. The van der Waals surface area contributed by atoms with Crippen LogP contribution in [0.3, 0.4) is 0 Å². The van der Waals surface area contributed by atoms with Crippen molar-refractivity contribution in [2.75, 3.05) is 6.54 Å². The second kappa shape index (κ2) is 5.89. The summed E-state index contributed by atoms with van der Waals surface area (Å²) in [6, 6.07) is 0.866. The van der Waals surface area contributed by atoms with Gasteiger partial charge in [0.05, 0.1) is 0 Å². The first-order valence-electron chi connectivity index (χ1n) is 7.13. The highest BCUT2D eigenvalue weighted by atomic mass is 14.9. The van der Waals surface area contributed by atoms with Gasteiger partial charge < -0.3 is 5.32 Å². The smallest absolute Gasteiger partial charge is 0.00954 e. The fourth-order valence-electron chi connectivity index (χ4n) is 3.05. The van der Waals surface area contributed by atoms with Crippen LogP contribution in [0, 0.1) is 11.8 Å². The average molecular weight is 209 g/mol. The van der Waals surface area contributed by atoms with Gasteiger partial charge in [0, 0.05) is 6.04 Å². The standard InChI is InChI=1S/C14H27N/c1-2-11-15-14(13-8-9-13)10-7-12-5-3-4-6-12/h12-15H,2-11H2,1H3. The fraction of sp³-hybridized carbons (Fsp3) is 1.00. The Bertz CT molecular complexity index is 168. The van der Waals surface area contributed by atoms with Crippen LogP contribution < -0.4 is 5.32 Å².